The Hall–Kier alpha value is -6.21. The molecule has 0 bridgehead atoms. The number of furan rings is 1. The van der Waals surface area contributed by atoms with Crippen molar-refractivity contribution in [2.45, 2.75) is 72.6 Å². The molecule has 0 saturated carbocycles. The number of pyridine rings is 2. The number of hydrogen-bond donors (Lipinski definition) is 1. The summed E-state index contributed by atoms with van der Waals surface area (Å²) < 4.78 is 8.95. The molecule has 0 fully saturated rings. The standard InChI is InChI=1S/C37H32N3O.C16H16NO2.Ir/c1-22(2)27-8-6-9-28(23(3)4)35(27)40-33-21-38-19-18-32(33)39-37(40)31-11-7-10-30-29-17-16-26(20-34(29)41-36(30)31)25-14-12-24(5)13-15-25;1-16(2,3)13-8-9-14(17-10-13)11-4-6-12(7-5-11)15(18)19;/h6-10,12-23H,1-5H3;4,6-10H,1-3H3,(H,18,19);/q2*-1;. The van der Waals surface area contributed by atoms with Gasteiger partial charge in [-0.1, -0.05) is 132 Å². The van der Waals surface area contributed by atoms with Crippen LogP contribution in [0.5, 0.6) is 0 Å². The van der Waals surface area contributed by atoms with Gasteiger partial charge in [0, 0.05) is 43.6 Å². The second-order valence-electron chi connectivity index (χ2n) is 17.0. The zero-order chi connectivity index (χ0) is 42.3. The number of carbonyl (C=O) groups is 1. The second-order valence-corrected chi connectivity index (χ2v) is 17.0. The number of fused-ring (bicyclic) bond motifs is 4. The van der Waals surface area contributed by atoms with Gasteiger partial charge in [-0.05, 0) is 75.4 Å². The number of carboxylic acids is 1. The number of benzene rings is 5. The first-order valence-electron chi connectivity index (χ1n) is 20.4. The molecule has 0 aliphatic heterocycles. The van der Waals surface area contributed by atoms with Crippen LogP contribution in [0, 0.1) is 19.1 Å². The topological polar surface area (TPSA) is 94.0 Å². The molecule has 9 aromatic rings. The molecule has 0 aliphatic rings. The van der Waals surface area contributed by atoms with Crippen molar-refractivity contribution in [3.63, 3.8) is 0 Å². The van der Waals surface area contributed by atoms with E-state index in [1.807, 2.05) is 36.7 Å². The molecule has 7 nitrogen and oxygen atoms in total. The van der Waals surface area contributed by atoms with Crippen molar-refractivity contribution in [3.8, 4) is 39.5 Å². The summed E-state index contributed by atoms with van der Waals surface area (Å²) in [6, 6.07) is 43.0. The largest absolute Gasteiger partial charge is 0.501 e. The number of carboxylic acid groups (broad SMARTS) is 1. The molecule has 0 aliphatic carbocycles. The Morgan fingerprint density at radius 3 is 2.15 bits per heavy atom. The molecule has 1 radical (unpaired) electrons. The van der Waals surface area contributed by atoms with E-state index in [1.54, 1.807) is 18.3 Å². The monoisotopic (exact) mass is 981 g/mol. The summed E-state index contributed by atoms with van der Waals surface area (Å²) in [7, 11) is 0. The number of nitrogens with zero attached hydrogens (tertiary/aromatic N) is 4. The van der Waals surface area contributed by atoms with Crippen molar-refractivity contribution in [2.24, 2.45) is 0 Å². The Bertz CT molecular complexity index is 2960. The molecule has 61 heavy (non-hydrogen) atoms. The zero-order valence-corrected chi connectivity index (χ0v) is 38.1. The van der Waals surface area contributed by atoms with Crippen LogP contribution < -0.4 is 0 Å². The summed E-state index contributed by atoms with van der Waals surface area (Å²) in [4.78, 5) is 24.9. The number of aromatic nitrogens is 4. The van der Waals surface area contributed by atoms with E-state index in [-0.39, 0.29) is 31.1 Å². The van der Waals surface area contributed by atoms with Gasteiger partial charge < -0.3 is 19.1 Å². The van der Waals surface area contributed by atoms with Gasteiger partial charge in [0.05, 0.1) is 28.6 Å². The number of imidazole rings is 1. The van der Waals surface area contributed by atoms with E-state index < -0.39 is 5.97 Å². The molecule has 309 valence electrons. The molecule has 8 heteroatoms. The van der Waals surface area contributed by atoms with Crippen molar-refractivity contribution in [2.75, 3.05) is 0 Å². The molecule has 1 N–H and O–H groups in total. The van der Waals surface area contributed by atoms with Crippen molar-refractivity contribution in [3.05, 3.63) is 168 Å². The molecule has 0 amide bonds. The van der Waals surface area contributed by atoms with Gasteiger partial charge in [-0.2, -0.15) is 0 Å². The molecule has 4 aromatic heterocycles. The predicted molar refractivity (Wildman–Crippen MR) is 243 cm³/mol. The van der Waals surface area contributed by atoms with Crippen LogP contribution in [-0.2, 0) is 25.5 Å². The van der Waals surface area contributed by atoms with Crippen LogP contribution in [0.15, 0.2) is 132 Å². The van der Waals surface area contributed by atoms with Crippen LogP contribution in [0.1, 0.15) is 92.9 Å². The fourth-order valence-corrected chi connectivity index (χ4v) is 7.64. The maximum atomic E-state index is 10.8. The average Bonchev–Trinajstić information content (AvgIpc) is 3.82. The molecule has 0 saturated heterocycles. The number of hydrogen-bond acceptors (Lipinski definition) is 5. The van der Waals surface area contributed by atoms with E-state index in [9.17, 15) is 4.79 Å². The predicted octanol–water partition coefficient (Wildman–Crippen LogP) is 13.6. The Morgan fingerprint density at radius 2 is 1.52 bits per heavy atom. The molecular formula is C53H48IrN4O3-2. The minimum Gasteiger partial charge on any atom is -0.501 e. The third-order valence-electron chi connectivity index (χ3n) is 11.0. The third-order valence-corrected chi connectivity index (χ3v) is 11.0. The molecular weight excluding hydrogens is 933 g/mol. The summed E-state index contributed by atoms with van der Waals surface area (Å²) in [5.74, 6) is 0.527. The smallest absolute Gasteiger partial charge is 0.292 e. The SMILES string of the molecule is CC(C)(C)c1ccc(-c2[c-]cc(C(=O)O)cc2)nc1.Cc1ccc(-c2ccc3c(c2)oc2c(-c4nc5ccncc5n4-c4c(C(C)C)cccc4C(C)C)[c-]ccc23)cc1.[Ir]. The van der Waals surface area contributed by atoms with E-state index in [0.717, 1.165) is 61.2 Å². The molecule has 0 atom stereocenters. The first-order valence-corrected chi connectivity index (χ1v) is 20.4. The number of aromatic carboxylic acids is 1. The Morgan fingerprint density at radius 1 is 0.803 bits per heavy atom. The Kier molecular flexibility index (Phi) is 12.2. The summed E-state index contributed by atoms with van der Waals surface area (Å²) in [6.07, 6.45) is 5.58. The van der Waals surface area contributed by atoms with Gasteiger partial charge >= 0.3 is 0 Å². The molecule has 0 unspecified atom stereocenters. The molecule has 5 aromatic carbocycles. The maximum Gasteiger partial charge on any atom is 0.292 e. The molecule has 0 spiro atoms. The van der Waals surface area contributed by atoms with Crippen LogP contribution >= 0.6 is 0 Å². The van der Waals surface area contributed by atoms with Crippen molar-refractivity contribution in [1.29, 1.82) is 0 Å². The Labute approximate surface area is 370 Å². The van der Waals surface area contributed by atoms with Crippen LogP contribution in [0.2, 0.25) is 0 Å². The number of para-hydroxylation sites is 1. The van der Waals surface area contributed by atoms with E-state index in [1.165, 1.54) is 39.6 Å². The van der Waals surface area contributed by atoms with E-state index in [4.69, 9.17) is 14.5 Å². The van der Waals surface area contributed by atoms with Gasteiger partial charge in [-0.25, -0.2) is 0 Å². The summed E-state index contributed by atoms with van der Waals surface area (Å²) in [5, 5.41) is 11.0. The van der Waals surface area contributed by atoms with Crippen LogP contribution in [0.25, 0.3) is 72.4 Å². The maximum absolute atomic E-state index is 10.8. The quantitative estimate of drug-likeness (QED) is 0.160. The van der Waals surface area contributed by atoms with E-state index in [2.05, 4.69) is 149 Å². The summed E-state index contributed by atoms with van der Waals surface area (Å²) >= 11 is 0. The van der Waals surface area contributed by atoms with E-state index in [0.29, 0.717) is 11.8 Å². The van der Waals surface area contributed by atoms with Crippen LogP contribution in [0.4, 0.5) is 0 Å². The van der Waals surface area contributed by atoms with Crippen molar-refractivity contribution >= 4 is 38.9 Å². The normalized spacial score (nSPS) is 11.6. The third kappa shape index (κ3) is 8.56. The molecule has 9 rings (SSSR count). The number of aryl methyl sites for hydroxylation is 1. The van der Waals surface area contributed by atoms with Gasteiger partial charge in [0.1, 0.15) is 5.58 Å². The summed E-state index contributed by atoms with van der Waals surface area (Å²) in [5.41, 5.74) is 14.7. The minimum atomic E-state index is -0.946. The van der Waals surface area contributed by atoms with Gasteiger partial charge in [-0.3, -0.25) is 14.8 Å². The minimum absolute atomic E-state index is 0. The molecule has 4 heterocycles. The van der Waals surface area contributed by atoms with Gasteiger partial charge in [0.15, 0.2) is 0 Å². The Balaban J connectivity index is 0.000000237. The fraction of sp³-hybridized carbons (Fsp3) is 0.208. The van der Waals surface area contributed by atoms with Gasteiger partial charge in [0.25, 0.3) is 5.97 Å². The van der Waals surface area contributed by atoms with Crippen LogP contribution in [0.3, 0.4) is 0 Å². The first kappa shape index (κ1) is 42.9. The van der Waals surface area contributed by atoms with Gasteiger partial charge in [-0.15, -0.1) is 48.0 Å². The average molecular weight is 981 g/mol. The van der Waals surface area contributed by atoms with Crippen molar-refractivity contribution < 1.29 is 34.4 Å². The first-order chi connectivity index (χ1) is 28.8. The number of rotatable bonds is 7. The zero-order valence-electron chi connectivity index (χ0n) is 35.7. The second kappa shape index (κ2) is 17.4. The van der Waals surface area contributed by atoms with Gasteiger partial charge in [0.2, 0.25) is 0 Å². The fourth-order valence-electron chi connectivity index (χ4n) is 7.64. The van der Waals surface area contributed by atoms with Crippen molar-refractivity contribution in [1.82, 2.24) is 19.5 Å². The summed E-state index contributed by atoms with van der Waals surface area (Å²) in [6.45, 7) is 17.5. The van der Waals surface area contributed by atoms with E-state index >= 15 is 0 Å². The van der Waals surface area contributed by atoms with Crippen LogP contribution in [-0.4, -0.2) is 30.6 Å².